The maximum atomic E-state index is 12.5. The lowest BCUT2D eigenvalue weighted by Crippen LogP contribution is -2.42. The predicted molar refractivity (Wildman–Crippen MR) is 145 cm³/mol. The average molecular weight is 551 g/mol. The van der Waals surface area contributed by atoms with Crippen molar-refractivity contribution >= 4 is 35.5 Å². The molecule has 0 aromatic carbocycles. The van der Waals surface area contributed by atoms with E-state index in [0.29, 0.717) is 38.4 Å². The first-order valence-electron chi connectivity index (χ1n) is 14.0. The minimum atomic E-state index is -1.14. The molecule has 0 atom stereocenters. The third kappa shape index (κ3) is 15.9. The fourth-order valence-electron chi connectivity index (χ4n) is 3.73. The van der Waals surface area contributed by atoms with Gasteiger partial charge in [-0.1, -0.05) is 58.8 Å². The second kappa shape index (κ2) is 24.5. The summed E-state index contributed by atoms with van der Waals surface area (Å²) >= 11 is 5.67. The summed E-state index contributed by atoms with van der Waals surface area (Å²) in [5, 5.41) is 0. The van der Waals surface area contributed by atoms with Crippen molar-refractivity contribution in [2.24, 2.45) is 11.3 Å². The van der Waals surface area contributed by atoms with Gasteiger partial charge in [0.15, 0.2) is 11.3 Å². The third-order valence-electron chi connectivity index (χ3n) is 5.77. The molecule has 0 aromatic rings. The van der Waals surface area contributed by atoms with Crippen molar-refractivity contribution in [3.05, 3.63) is 0 Å². The highest BCUT2D eigenvalue weighted by Crippen LogP contribution is 2.35. The van der Waals surface area contributed by atoms with Crippen molar-refractivity contribution in [3.63, 3.8) is 0 Å². The molecule has 0 bridgehead atoms. The zero-order valence-electron chi connectivity index (χ0n) is 24.0. The maximum absolute atomic E-state index is 12.5. The van der Waals surface area contributed by atoms with Crippen molar-refractivity contribution in [1.29, 1.82) is 0 Å². The van der Waals surface area contributed by atoms with E-state index in [4.69, 9.17) is 30.5 Å². The van der Waals surface area contributed by atoms with Crippen molar-refractivity contribution in [1.82, 2.24) is 0 Å². The normalized spacial score (nSPS) is 10.8. The highest BCUT2D eigenvalue weighted by molar-refractivity contribution is 6.17. The smallest absolute Gasteiger partial charge is 0.323 e. The molecule has 0 aromatic heterocycles. The molecule has 0 aliphatic heterocycles. The number of hydrogen-bond donors (Lipinski definition) is 0. The number of rotatable bonds is 20. The Kier molecular flexibility index (Phi) is 24.7. The van der Waals surface area contributed by atoms with Crippen LogP contribution in [0.3, 0.4) is 0 Å². The van der Waals surface area contributed by atoms with Gasteiger partial charge >= 0.3 is 23.9 Å². The van der Waals surface area contributed by atoms with E-state index in [9.17, 15) is 19.2 Å². The average Bonchev–Trinajstić information content (AvgIpc) is 2.87. The van der Waals surface area contributed by atoms with Gasteiger partial charge < -0.3 is 18.9 Å². The summed E-state index contributed by atoms with van der Waals surface area (Å²) in [7, 11) is 0. The van der Waals surface area contributed by atoms with Gasteiger partial charge in [-0.05, 0) is 53.4 Å². The Morgan fingerprint density at radius 3 is 1.43 bits per heavy atom. The molecule has 0 fully saturated rings. The number of ether oxygens (including phenoxy) is 4. The lowest BCUT2D eigenvalue weighted by atomic mass is 9.78. The fourth-order valence-corrected chi connectivity index (χ4v) is 3.92. The molecule has 8 nitrogen and oxygen atoms in total. The zero-order valence-corrected chi connectivity index (χ0v) is 24.8. The molecule has 0 unspecified atom stereocenters. The highest BCUT2D eigenvalue weighted by Gasteiger charge is 2.47. The zero-order chi connectivity index (χ0) is 28.5. The van der Waals surface area contributed by atoms with Crippen molar-refractivity contribution < 1.29 is 38.1 Å². The first-order valence-corrected chi connectivity index (χ1v) is 14.5. The topological polar surface area (TPSA) is 105 Å². The maximum Gasteiger partial charge on any atom is 0.323 e. The van der Waals surface area contributed by atoms with E-state index in [0.717, 1.165) is 51.4 Å². The van der Waals surface area contributed by atoms with Crippen LogP contribution in [0.4, 0.5) is 0 Å². The molecule has 0 amide bonds. The van der Waals surface area contributed by atoms with E-state index in [-0.39, 0.29) is 13.2 Å². The Labute approximate surface area is 229 Å². The van der Waals surface area contributed by atoms with Gasteiger partial charge in [0.2, 0.25) is 0 Å². The van der Waals surface area contributed by atoms with Crippen molar-refractivity contribution in [2.45, 2.75) is 112 Å². The molecule has 0 N–H and O–H groups in total. The van der Waals surface area contributed by atoms with Crippen LogP contribution in [0.25, 0.3) is 0 Å². The molecule has 0 saturated heterocycles. The lowest BCUT2D eigenvalue weighted by Gasteiger charge is -2.29. The predicted octanol–water partition coefficient (Wildman–Crippen LogP) is 6.40. The number of hydrogen-bond acceptors (Lipinski definition) is 8. The van der Waals surface area contributed by atoms with E-state index in [2.05, 4.69) is 0 Å². The summed E-state index contributed by atoms with van der Waals surface area (Å²) < 4.78 is 20.0. The number of esters is 4. The largest absolute Gasteiger partial charge is 0.465 e. The van der Waals surface area contributed by atoms with Crippen LogP contribution in [0.15, 0.2) is 0 Å². The first kappa shape index (κ1) is 37.3. The Bertz CT molecular complexity index is 587. The van der Waals surface area contributed by atoms with Gasteiger partial charge in [0.25, 0.3) is 0 Å². The molecule has 0 aliphatic rings. The molecule has 0 rings (SSSR count). The molecular weight excluding hydrogens is 500 g/mol. The Morgan fingerprint density at radius 1 is 0.595 bits per heavy atom. The molecule has 37 heavy (non-hydrogen) atoms. The third-order valence-corrected chi connectivity index (χ3v) is 6.03. The summed E-state index contributed by atoms with van der Waals surface area (Å²) in [5.74, 6) is -1.89. The SMILES string of the molecule is CCCCC(C(=O)OCC)C(=O)OCC.CCCCC(CCCCCCCl)(C(=O)OCC)C(=O)OCC. The Morgan fingerprint density at radius 2 is 1.03 bits per heavy atom. The quantitative estimate of drug-likeness (QED) is 0.0563. The summed E-state index contributed by atoms with van der Waals surface area (Å²) in [6, 6.07) is 0. The summed E-state index contributed by atoms with van der Waals surface area (Å²) in [5.41, 5.74) is -1.14. The van der Waals surface area contributed by atoms with Crippen LogP contribution in [0.5, 0.6) is 0 Å². The second-order valence-corrected chi connectivity index (χ2v) is 9.06. The van der Waals surface area contributed by atoms with Crippen molar-refractivity contribution in [2.75, 3.05) is 32.3 Å². The van der Waals surface area contributed by atoms with E-state index >= 15 is 0 Å². The van der Waals surface area contributed by atoms with E-state index in [1.807, 2.05) is 13.8 Å². The fraction of sp³-hybridized carbons (Fsp3) is 0.857. The molecule has 0 spiro atoms. The number of unbranched alkanes of at least 4 members (excludes halogenated alkanes) is 5. The summed E-state index contributed by atoms with van der Waals surface area (Å²) in [4.78, 5) is 47.8. The molecule has 0 aliphatic carbocycles. The molecular formula is C28H51ClO8. The monoisotopic (exact) mass is 550 g/mol. The summed E-state index contributed by atoms with van der Waals surface area (Å²) in [6.07, 6.45) is 8.72. The second-order valence-electron chi connectivity index (χ2n) is 8.68. The lowest BCUT2D eigenvalue weighted by molar-refractivity contribution is -0.174. The van der Waals surface area contributed by atoms with Crippen LogP contribution in [0.2, 0.25) is 0 Å². The van der Waals surface area contributed by atoms with E-state index in [1.165, 1.54) is 0 Å². The number of alkyl halides is 1. The van der Waals surface area contributed by atoms with Gasteiger partial charge in [-0.2, -0.15) is 0 Å². The minimum absolute atomic E-state index is 0.276. The van der Waals surface area contributed by atoms with Crippen LogP contribution < -0.4 is 0 Å². The first-order chi connectivity index (χ1) is 17.8. The van der Waals surface area contributed by atoms with E-state index in [1.54, 1.807) is 27.7 Å². The van der Waals surface area contributed by atoms with Crippen LogP contribution in [-0.2, 0) is 38.1 Å². The van der Waals surface area contributed by atoms with Crippen molar-refractivity contribution in [3.8, 4) is 0 Å². The van der Waals surface area contributed by atoms with Crippen LogP contribution >= 0.6 is 11.6 Å². The molecule has 9 heteroatoms. The number of carbonyl (C=O) groups is 4. The van der Waals surface area contributed by atoms with Crippen LogP contribution in [0.1, 0.15) is 112 Å². The molecule has 218 valence electrons. The Hall–Kier alpha value is -1.83. The van der Waals surface area contributed by atoms with Gasteiger partial charge in [-0.25, -0.2) is 0 Å². The highest BCUT2D eigenvalue weighted by atomic mass is 35.5. The van der Waals surface area contributed by atoms with Gasteiger partial charge in [0, 0.05) is 5.88 Å². The van der Waals surface area contributed by atoms with Gasteiger partial charge in [0.1, 0.15) is 0 Å². The summed E-state index contributed by atoms with van der Waals surface area (Å²) in [6.45, 7) is 12.1. The minimum Gasteiger partial charge on any atom is -0.465 e. The standard InChI is InChI=1S/C17H31ClO4.C11H20O4/c1-4-7-12-17(15(19)21-5-2,16(20)22-6-3)13-10-8-9-11-14-18;1-4-7-8-9(10(12)14-5-2)11(13)15-6-3/h4-14H2,1-3H3;9H,4-8H2,1-3H3. The number of halogens is 1. The van der Waals surface area contributed by atoms with Crippen LogP contribution in [-0.4, -0.2) is 56.2 Å². The molecule has 0 saturated carbocycles. The van der Waals surface area contributed by atoms with Gasteiger partial charge in [0.05, 0.1) is 26.4 Å². The van der Waals surface area contributed by atoms with E-state index < -0.39 is 35.2 Å². The van der Waals surface area contributed by atoms with Gasteiger partial charge in [-0.3, -0.25) is 19.2 Å². The Balaban J connectivity index is 0. The molecule has 0 heterocycles. The van der Waals surface area contributed by atoms with Crippen LogP contribution in [0, 0.1) is 11.3 Å². The van der Waals surface area contributed by atoms with Gasteiger partial charge in [-0.15, -0.1) is 11.6 Å². The molecule has 0 radical (unpaired) electrons. The number of carbonyl (C=O) groups excluding carboxylic acids is 4.